The van der Waals surface area contributed by atoms with Crippen molar-refractivity contribution in [3.63, 3.8) is 0 Å². The summed E-state index contributed by atoms with van der Waals surface area (Å²) in [5.74, 6) is 0. The van der Waals surface area contributed by atoms with Crippen LogP contribution in [0.15, 0.2) is 5.51 Å². The number of rotatable bonds is 4. The smallest absolute Gasteiger partial charge is 0.0798 e. The molecule has 1 aromatic rings. The molecule has 1 aliphatic rings. The third-order valence-electron chi connectivity index (χ3n) is 3.95. The predicted octanol–water partition coefficient (Wildman–Crippen LogP) is 3.19. The van der Waals surface area contributed by atoms with Crippen molar-refractivity contribution >= 4 is 11.3 Å². The van der Waals surface area contributed by atoms with Crippen LogP contribution in [-0.2, 0) is 0 Å². The van der Waals surface area contributed by atoms with Gasteiger partial charge in [0.15, 0.2) is 0 Å². The van der Waals surface area contributed by atoms with Crippen molar-refractivity contribution < 1.29 is 5.11 Å². The van der Waals surface area contributed by atoms with E-state index in [1.54, 1.807) is 11.3 Å². The van der Waals surface area contributed by atoms with Gasteiger partial charge in [0.25, 0.3) is 0 Å². The maximum absolute atomic E-state index is 10.6. The van der Waals surface area contributed by atoms with Gasteiger partial charge in [-0.05, 0) is 26.7 Å². The first-order valence-corrected chi connectivity index (χ1v) is 7.84. The van der Waals surface area contributed by atoms with E-state index >= 15 is 0 Å². The Bertz CT molecular complexity index is 370. The maximum atomic E-state index is 10.6. The average Bonchev–Trinajstić information content (AvgIpc) is 2.65. The van der Waals surface area contributed by atoms with Gasteiger partial charge in [0, 0.05) is 17.5 Å². The van der Waals surface area contributed by atoms with Crippen molar-refractivity contribution in [2.24, 2.45) is 0 Å². The lowest BCUT2D eigenvalue weighted by Gasteiger charge is -2.28. The molecule has 1 atom stereocenters. The number of aromatic nitrogens is 1. The van der Waals surface area contributed by atoms with Gasteiger partial charge >= 0.3 is 0 Å². The van der Waals surface area contributed by atoms with Crippen LogP contribution in [0.4, 0.5) is 0 Å². The summed E-state index contributed by atoms with van der Waals surface area (Å²) in [6.07, 6.45) is 6.73. The summed E-state index contributed by atoms with van der Waals surface area (Å²) in [7, 11) is 0. The summed E-state index contributed by atoms with van der Waals surface area (Å²) >= 11 is 1.69. The van der Waals surface area contributed by atoms with E-state index in [0.29, 0.717) is 6.54 Å². The molecular weight excluding hydrogens is 244 g/mol. The van der Waals surface area contributed by atoms with Crippen molar-refractivity contribution in [2.45, 2.75) is 64.0 Å². The van der Waals surface area contributed by atoms with Gasteiger partial charge in [0.2, 0.25) is 0 Å². The summed E-state index contributed by atoms with van der Waals surface area (Å²) in [5, 5.41) is 14.1. The number of aliphatic hydroxyl groups is 1. The molecule has 4 heteroatoms. The Morgan fingerprint density at radius 2 is 2.06 bits per heavy atom. The van der Waals surface area contributed by atoms with Crippen LogP contribution in [0.5, 0.6) is 0 Å². The molecule has 1 fully saturated rings. The van der Waals surface area contributed by atoms with Crippen LogP contribution in [0, 0.1) is 6.92 Å². The van der Waals surface area contributed by atoms with Gasteiger partial charge in [0.05, 0.1) is 16.8 Å². The quantitative estimate of drug-likeness (QED) is 0.824. The Morgan fingerprint density at radius 1 is 1.39 bits per heavy atom. The van der Waals surface area contributed by atoms with Crippen molar-refractivity contribution in [1.82, 2.24) is 10.3 Å². The number of nitrogens with zero attached hydrogens (tertiary/aromatic N) is 1. The monoisotopic (exact) mass is 268 g/mol. The van der Waals surface area contributed by atoms with E-state index in [4.69, 9.17) is 0 Å². The second kappa shape index (κ2) is 6.13. The van der Waals surface area contributed by atoms with E-state index in [1.165, 1.54) is 17.7 Å². The first-order chi connectivity index (χ1) is 8.61. The minimum atomic E-state index is -0.497. The van der Waals surface area contributed by atoms with Crippen LogP contribution in [0.25, 0.3) is 0 Å². The van der Waals surface area contributed by atoms with E-state index in [-0.39, 0.29) is 6.04 Å². The molecule has 1 heterocycles. The lowest BCUT2D eigenvalue weighted by Crippen LogP contribution is -2.41. The molecule has 0 aromatic carbocycles. The molecule has 0 spiro atoms. The topological polar surface area (TPSA) is 45.2 Å². The molecule has 0 amide bonds. The van der Waals surface area contributed by atoms with Gasteiger partial charge in [0.1, 0.15) is 0 Å². The zero-order chi connectivity index (χ0) is 13.0. The molecule has 1 aliphatic carbocycles. The normalized spacial score (nSPS) is 21.5. The molecule has 0 saturated heterocycles. The second-order valence-corrected chi connectivity index (χ2v) is 6.43. The van der Waals surface area contributed by atoms with Crippen LogP contribution >= 0.6 is 11.3 Å². The first-order valence-electron chi connectivity index (χ1n) is 6.96. The molecule has 1 unspecified atom stereocenters. The molecule has 2 N–H and O–H groups in total. The highest BCUT2D eigenvalue weighted by atomic mass is 32.1. The summed E-state index contributed by atoms with van der Waals surface area (Å²) in [6.45, 7) is 4.90. The van der Waals surface area contributed by atoms with Gasteiger partial charge < -0.3 is 10.4 Å². The fourth-order valence-electron chi connectivity index (χ4n) is 2.73. The lowest BCUT2D eigenvalue weighted by molar-refractivity contribution is 0.0232. The Balaban J connectivity index is 1.88. The Hall–Kier alpha value is -0.450. The molecule has 18 heavy (non-hydrogen) atoms. The largest absolute Gasteiger partial charge is 0.389 e. The van der Waals surface area contributed by atoms with Gasteiger partial charge in [-0.2, -0.15) is 0 Å². The Morgan fingerprint density at radius 3 is 2.61 bits per heavy atom. The van der Waals surface area contributed by atoms with Gasteiger partial charge in [-0.15, -0.1) is 11.3 Å². The molecule has 0 bridgehead atoms. The van der Waals surface area contributed by atoms with E-state index in [2.05, 4.69) is 17.2 Å². The van der Waals surface area contributed by atoms with E-state index < -0.39 is 5.60 Å². The Labute approximate surface area is 114 Å². The van der Waals surface area contributed by atoms with Crippen LogP contribution in [-0.4, -0.2) is 22.2 Å². The van der Waals surface area contributed by atoms with Crippen molar-refractivity contribution in [3.05, 3.63) is 16.1 Å². The van der Waals surface area contributed by atoms with Crippen molar-refractivity contribution in [1.29, 1.82) is 0 Å². The lowest BCUT2D eigenvalue weighted by atomic mass is 9.94. The molecule has 2 rings (SSSR count). The molecule has 1 aromatic heterocycles. The maximum Gasteiger partial charge on any atom is 0.0798 e. The average molecular weight is 268 g/mol. The highest BCUT2D eigenvalue weighted by Gasteiger charge is 2.28. The summed E-state index contributed by atoms with van der Waals surface area (Å²) in [6, 6.07) is 0.282. The summed E-state index contributed by atoms with van der Waals surface area (Å²) in [5.41, 5.74) is 2.50. The number of aryl methyl sites for hydroxylation is 1. The van der Waals surface area contributed by atoms with Crippen molar-refractivity contribution in [3.8, 4) is 0 Å². The number of hydrogen-bond donors (Lipinski definition) is 2. The van der Waals surface area contributed by atoms with Gasteiger partial charge in [-0.1, -0.05) is 25.7 Å². The van der Waals surface area contributed by atoms with Crippen molar-refractivity contribution in [2.75, 3.05) is 6.54 Å². The van der Waals surface area contributed by atoms with E-state index in [1.807, 2.05) is 12.4 Å². The van der Waals surface area contributed by atoms with Crippen LogP contribution < -0.4 is 5.32 Å². The summed E-state index contributed by atoms with van der Waals surface area (Å²) in [4.78, 5) is 5.57. The number of thiazole rings is 1. The third-order valence-corrected chi connectivity index (χ3v) is 5.06. The second-order valence-electron chi connectivity index (χ2n) is 5.54. The molecule has 3 nitrogen and oxygen atoms in total. The highest BCUT2D eigenvalue weighted by molar-refractivity contribution is 7.09. The Kier molecular flexibility index (Phi) is 4.76. The van der Waals surface area contributed by atoms with E-state index in [9.17, 15) is 5.11 Å². The highest BCUT2D eigenvalue weighted by Crippen LogP contribution is 2.28. The fraction of sp³-hybridized carbons (Fsp3) is 0.786. The zero-order valence-electron chi connectivity index (χ0n) is 11.4. The van der Waals surface area contributed by atoms with Crippen LogP contribution in [0.3, 0.4) is 0 Å². The molecule has 0 radical (unpaired) electrons. The zero-order valence-corrected chi connectivity index (χ0v) is 12.2. The molecule has 1 saturated carbocycles. The third kappa shape index (κ3) is 3.53. The number of hydrogen-bond acceptors (Lipinski definition) is 4. The summed E-state index contributed by atoms with van der Waals surface area (Å²) < 4.78 is 0. The first kappa shape index (κ1) is 14.0. The molecular formula is C14H24N2OS. The fourth-order valence-corrected chi connectivity index (χ4v) is 3.56. The predicted molar refractivity (Wildman–Crippen MR) is 75.9 cm³/mol. The SMILES string of the molecule is Cc1ncsc1C(C)NCC1(O)CCCCCC1. The van der Waals surface area contributed by atoms with Gasteiger partial charge in [-0.25, -0.2) is 4.98 Å². The van der Waals surface area contributed by atoms with E-state index in [0.717, 1.165) is 31.4 Å². The minimum Gasteiger partial charge on any atom is -0.389 e. The number of nitrogens with one attached hydrogen (secondary N) is 1. The van der Waals surface area contributed by atoms with Crippen LogP contribution in [0.1, 0.15) is 62.1 Å². The molecule has 102 valence electrons. The minimum absolute atomic E-state index is 0.282. The standard InChI is InChI=1S/C14H24N2OS/c1-11(13-12(2)16-10-18-13)15-9-14(17)7-5-3-4-6-8-14/h10-11,15,17H,3-9H2,1-2H3. The van der Waals surface area contributed by atoms with Crippen LogP contribution in [0.2, 0.25) is 0 Å². The van der Waals surface area contributed by atoms with Gasteiger partial charge in [-0.3, -0.25) is 0 Å². The molecule has 0 aliphatic heterocycles.